The van der Waals surface area contributed by atoms with Gasteiger partial charge in [-0.2, -0.15) is 0 Å². The Bertz CT molecular complexity index is 402. The van der Waals surface area contributed by atoms with Gasteiger partial charge >= 0.3 is 0 Å². The van der Waals surface area contributed by atoms with Crippen molar-refractivity contribution >= 4 is 0 Å². The third kappa shape index (κ3) is 1.37. The minimum Gasteiger partial charge on any atom is -0.0622 e. The smallest absolute Gasteiger partial charge is 0.0206 e. The fraction of sp³-hybridized carbons (Fsp3) is 1.00. The lowest BCUT2D eigenvalue weighted by atomic mass is 9.57. The molecule has 0 aromatic heterocycles. The van der Waals surface area contributed by atoms with Gasteiger partial charge in [0, 0.05) is 0 Å². The SMILES string of the molecule is CC1C(C)C1C1CC12C(C)CC2C1CC1(C)C(C)C. The molecule has 0 nitrogen and oxygen atoms in total. The van der Waals surface area contributed by atoms with Gasteiger partial charge in [0.2, 0.25) is 0 Å². The number of rotatable bonds is 3. The van der Waals surface area contributed by atoms with Crippen molar-refractivity contribution in [1.29, 1.82) is 0 Å². The van der Waals surface area contributed by atoms with E-state index in [-0.39, 0.29) is 0 Å². The van der Waals surface area contributed by atoms with Crippen LogP contribution in [0.15, 0.2) is 0 Å². The Morgan fingerprint density at radius 3 is 1.95 bits per heavy atom. The van der Waals surface area contributed by atoms with Crippen LogP contribution in [0.3, 0.4) is 0 Å². The summed E-state index contributed by atoms with van der Waals surface area (Å²) in [5.41, 5.74) is 1.53. The number of hydrogen-bond donors (Lipinski definition) is 0. The Labute approximate surface area is 119 Å². The van der Waals surface area contributed by atoms with Crippen molar-refractivity contribution in [1.82, 2.24) is 0 Å². The molecule has 0 aromatic rings. The normalized spacial score (nSPS) is 66.2. The van der Waals surface area contributed by atoms with Gasteiger partial charge in [-0.3, -0.25) is 0 Å². The van der Waals surface area contributed by atoms with Crippen molar-refractivity contribution in [2.24, 2.45) is 58.2 Å². The molecule has 0 aliphatic heterocycles. The lowest BCUT2D eigenvalue weighted by Gasteiger charge is -2.47. The zero-order chi connectivity index (χ0) is 13.7. The molecule has 0 radical (unpaired) electrons. The summed E-state index contributed by atoms with van der Waals surface area (Å²) in [5.74, 6) is 8.43. The van der Waals surface area contributed by atoms with Crippen LogP contribution in [0.2, 0.25) is 0 Å². The summed E-state index contributed by atoms with van der Waals surface area (Å²) < 4.78 is 0. The monoisotopic (exact) mass is 260 g/mol. The summed E-state index contributed by atoms with van der Waals surface area (Å²) in [6.45, 7) is 15.0. The van der Waals surface area contributed by atoms with Crippen LogP contribution in [-0.2, 0) is 0 Å². The predicted molar refractivity (Wildman–Crippen MR) is 80.7 cm³/mol. The van der Waals surface area contributed by atoms with Crippen LogP contribution in [0.5, 0.6) is 0 Å². The van der Waals surface area contributed by atoms with Gasteiger partial charge in [0.25, 0.3) is 0 Å². The molecule has 108 valence electrons. The average molecular weight is 260 g/mol. The zero-order valence-corrected chi connectivity index (χ0v) is 13.7. The highest BCUT2D eigenvalue weighted by Crippen LogP contribution is 2.83. The van der Waals surface area contributed by atoms with E-state index in [9.17, 15) is 0 Å². The highest BCUT2D eigenvalue weighted by molar-refractivity contribution is 5.25. The molecule has 8 unspecified atom stereocenters. The molecule has 0 N–H and O–H groups in total. The molecule has 0 heterocycles. The van der Waals surface area contributed by atoms with E-state index in [1.165, 1.54) is 6.42 Å². The minimum atomic E-state index is 0.700. The molecule has 1 spiro atoms. The molecule has 0 aromatic carbocycles. The van der Waals surface area contributed by atoms with Crippen LogP contribution in [0.4, 0.5) is 0 Å². The topological polar surface area (TPSA) is 0 Å². The van der Waals surface area contributed by atoms with E-state index in [0.717, 1.165) is 52.8 Å². The molecule has 4 fully saturated rings. The van der Waals surface area contributed by atoms with E-state index >= 15 is 0 Å². The summed E-state index contributed by atoms with van der Waals surface area (Å²) in [6.07, 6.45) is 4.69. The molecule has 19 heavy (non-hydrogen) atoms. The quantitative estimate of drug-likeness (QED) is 0.651. The molecular weight excluding hydrogens is 228 g/mol. The molecule has 8 atom stereocenters. The average Bonchev–Trinajstić information content (AvgIpc) is 3.23. The summed E-state index contributed by atoms with van der Waals surface area (Å²) in [5, 5.41) is 0. The lowest BCUT2D eigenvalue weighted by molar-refractivity contribution is 0.00671. The number of hydrogen-bond acceptors (Lipinski definition) is 0. The molecule has 0 heteroatoms. The first-order chi connectivity index (χ1) is 8.84. The summed E-state index contributed by atoms with van der Waals surface area (Å²) in [7, 11) is 0. The maximum absolute atomic E-state index is 2.57. The maximum Gasteiger partial charge on any atom is -0.0206 e. The zero-order valence-electron chi connectivity index (χ0n) is 13.7. The van der Waals surface area contributed by atoms with Gasteiger partial charge in [0.1, 0.15) is 0 Å². The molecule has 4 saturated carbocycles. The van der Waals surface area contributed by atoms with Crippen molar-refractivity contribution in [3.8, 4) is 0 Å². The standard InChI is InChI=1S/C19H32/c1-10(2)18(6)8-15(18)14-7-11(3)19(14)9-16(19)17-12(4)13(17)5/h10-17H,7-9H2,1-6H3. The Balaban J connectivity index is 1.49. The van der Waals surface area contributed by atoms with Crippen LogP contribution < -0.4 is 0 Å². The molecule has 0 saturated heterocycles. The van der Waals surface area contributed by atoms with E-state index in [1.807, 2.05) is 0 Å². The van der Waals surface area contributed by atoms with Gasteiger partial charge < -0.3 is 0 Å². The van der Waals surface area contributed by atoms with Gasteiger partial charge in [0.15, 0.2) is 0 Å². The third-order valence-corrected chi connectivity index (χ3v) is 8.84. The second-order valence-corrected chi connectivity index (χ2v) is 9.43. The van der Waals surface area contributed by atoms with Gasteiger partial charge in [-0.25, -0.2) is 0 Å². The van der Waals surface area contributed by atoms with Crippen LogP contribution in [0.25, 0.3) is 0 Å². The first-order valence-electron chi connectivity index (χ1n) is 8.84. The lowest BCUT2D eigenvalue weighted by Crippen LogP contribution is -2.41. The Morgan fingerprint density at radius 2 is 1.53 bits per heavy atom. The Hall–Kier alpha value is 0. The second kappa shape index (κ2) is 3.42. The van der Waals surface area contributed by atoms with Crippen LogP contribution >= 0.6 is 0 Å². The van der Waals surface area contributed by atoms with Gasteiger partial charge in [0.05, 0.1) is 0 Å². The van der Waals surface area contributed by atoms with Crippen molar-refractivity contribution in [3.63, 3.8) is 0 Å². The molecule has 0 amide bonds. The Morgan fingerprint density at radius 1 is 0.895 bits per heavy atom. The molecule has 4 aliphatic rings. The van der Waals surface area contributed by atoms with E-state index in [0.29, 0.717) is 5.41 Å². The van der Waals surface area contributed by atoms with Crippen molar-refractivity contribution in [2.75, 3.05) is 0 Å². The minimum absolute atomic E-state index is 0.700. The van der Waals surface area contributed by atoms with Crippen molar-refractivity contribution < 1.29 is 0 Å². The van der Waals surface area contributed by atoms with Gasteiger partial charge in [-0.05, 0) is 77.4 Å². The maximum atomic E-state index is 2.57. The van der Waals surface area contributed by atoms with Crippen molar-refractivity contribution in [2.45, 2.75) is 60.8 Å². The van der Waals surface area contributed by atoms with Crippen LogP contribution in [-0.4, -0.2) is 0 Å². The molecule has 0 bridgehead atoms. The first kappa shape index (κ1) is 12.7. The summed E-state index contributed by atoms with van der Waals surface area (Å²) >= 11 is 0. The molecular formula is C19H32. The Kier molecular flexibility index (Phi) is 2.29. The predicted octanol–water partition coefficient (Wildman–Crippen LogP) is 5.23. The molecule has 4 rings (SSSR count). The highest BCUT2D eigenvalue weighted by atomic mass is 14.8. The molecule has 4 aliphatic carbocycles. The van der Waals surface area contributed by atoms with Crippen LogP contribution in [0.1, 0.15) is 60.8 Å². The van der Waals surface area contributed by atoms with Gasteiger partial charge in [-0.1, -0.05) is 41.5 Å². The first-order valence-corrected chi connectivity index (χ1v) is 8.84. The van der Waals surface area contributed by atoms with E-state index in [1.54, 1.807) is 12.8 Å². The van der Waals surface area contributed by atoms with E-state index in [4.69, 9.17) is 0 Å². The van der Waals surface area contributed by atoms with E-state index < -0.39 is 0 Å². The van der Waals surface area contributed by atoms with Crippen LogP contribution in [0, 0.1) is 58.2 Å². The van der Waals surface area contributed by atoms with E-state index in [2.05, 4.69) is 41.5 Å². The largest absolute Gasteiger partial charge is 0.0622 e. The highest BCUT2D eigenvalue weighted by Gasteiger charge is 2.77. The summed E-state index contributed by atoms with van der Waals surface area (Å²) in [6, 6.07) is 0. The fourth-order valence-corrected chi connectivity index (χ4v) is 6.49. The third-order valence-electron chi connectivity index (χ3n) is 8.84. The second-order valence-electron chi connectivity index (χ2n) is 9.43. The van der Waals surface area contributed by atoms with Gasteiger partial charge in [-0.15, -0.1) is 0 Å². The fourth-order valence-electron chi connectivity index (χ4n) is 6.49. The van der Waals surface area contributed by atoms with Crippen molar-refractivity contribution in [3.05, 3.63) is 0 Å². The summed E-state index contributed by atoms with van der Waals surface area (Å²) in [4.78, 5) is 0.